The van der Waals surface area contributed by atoms with Gasteiger partial charge < -0.3 is 9.84 Å². The van der Waals surface area contributed by atoms with Gasteiger partial charge in [-0.1, -0.05) is 36.4 Å². The van der Waals surface area contributed by atoms with Gasteiger partial charge in [0.15, 0.2) is 6.10 Å². The van der Waals surface area contributed by atoms with Crippen LogP contribution in [0.15, 0.2) is 53.3 Å². The number of ether oxygens (including phenoxy) is 1. The van der Waals surface area contributed by atoms with Crippen LogP contribution in [0.2, 0.25) is 0 Å². The average molecular weight is 416 g/mol. The monoisotopic (exact) mass is 416 g/mol. The Labute approximate surface area is 181 Å². The van der Waals surface area contributed by atoms with Crippen molar-refractivity contribution in [3.05, 3.63) is 92.3 Å². The highest BCUT2D eigenvalue weighted by Gasteiger charge is 2.28. The number of nitrogens with zero attached hydrogens (tertiary/aromatic N) is 2. The maximum absolute atomic E-state index is 13.2. The number of rotatable bonds is 6. The van der Waals surface area contributed by atoms with Gasteiger partial charge in [-0.15, -0.1) is 0 Å². The number of pyridine rings is 1. The standard InChI is InChI=1S/C25H24N2O4/c1-15-10-16(2)12-20(11-15)31-18(4)23(28)22-17(3)21(13-26)24(29)27(25(22)30)14-19-8-6-5-7-9-19/h5-12,18,30H,14H2,1-4H3. The van der Waals surface area contributed by atoms with Crippen molar-refractivity contribution in [2.75, 3.05) is 0 Å². The number of carbonyl (C=O) groups excluding carboxylic acids is 1. The highest BCUT2D eigenvalue weighted by Crippen LogP contribution is 2.26. The first-order valence-electron chi connectivity index (χ1n) is 9.92. The van der Waals surface area contributed by atoms with Gasteiger partial charge in [0.1, 0.15) is 17.4 Å². The normalized spacial score (nSPS) is 11.6. The van der Waals surface area contributed by atoms with Crippen LogP contribution in [0.1, 0.15) is 45.1 Å². The summed E-state index contributed by atoms with van der Waals surface area (Å²) in [6.07, 6.45) is -0.931. The lowest BCUT2D eigenvalue weighted by atomic mass is 9.99. The molecular weight excluding hydrogens is 392 g/mol. The molecule has 158 valence electrons. The molecule has 3 aromatic rings. The van der Waals surface area contributed by atoms with E-state index in [1.165, 1.54) is 6.92 Å². The fourth-order valence-corrected chi connectivity index (χ4v) is 3.62. The molecule has 31 heavy (non-hydrogen) atoms. The Kier molecular flexibility index (Phi) is 6.26. The zero-order valence-electron chi connectivity index (χ0n) is 18.0. The lowest BCUT2D eigenvalue weighted by molar-refractivity contribution is 0.0812. The number of carbonyl (C=O) groups is 1. The fourth-order valence-electron chi connectivity index (χ4n) is 3.62. The smallest absolute Gasteiger partial charge is 0.271 e. The summed E-state index contributed by atoms with van der Waals surface area (Å²) in [4.78, 5) is 26.0. The molecule has 0 aliphatic rings. The lowest BCUT2D eigenvalue weighted by Crippen LogP contribution is -2.31. The summed E-state index contributed by atoms with van der Waals surface area (Å²) in [6, 6.07) is 16.6. The van der Waals surface area contributed by atoms with Crippen LogP contribution in [0.25, 0.3) is 0 Å². The van der Waals surface area contributed by atoms with Gasteiger partial charge in [0.05, 0.1) is 12.1 Å². The molecule has 0 aliphatic heterocycles. The first-order chi connectivity index (χ1) is 14.7. The predicted octanol–water partition coefficient (Wildman–Crippen LogP) is 4.05. The predicted molar refractivity (Wildman–Crippen MR) is 118 cm³/mol. The third kappa shape index (κ3) is 4.51. The van der Waals surface area contributed by atoms with Crippen LogP contribution in [-0.4, -0.2) is 21.6 Å². The van der Waals surface area contributed by atoms with Crippen LogP contribution in [0.4, 0.5) is 0 Å². The summed E-state index contributed by atoms with van der Waals surface area (Å²) in [5.41, 5.74) is 2.01. The van der Waals surface area contributed by atoms with Crippen LogP contribution in [-0.2, 0) is 6.54 Å². The Morgan fingerprint density at radius 3 is 2.32 bits per heavy atom. The van der Waals surface area contributed by atoms with E-state index in [1.807, 2.05) is 56.3 Å². The number of ketones is 1. The number of Topliss-reactive ketones (excluding diaryl/α,β-unsaturated/α-hetero) is 1. The van der Waals surface area contributed by atoms with Gasteiger partial charge in [-0.05, 0) is 62.1 Å². The molecule has 3 rings (SSSR count). The zero-order valence-corrected chi connectivity index (χ0v) is 18.0. The van der Waals surface area contributed by atoms with Crippen LogP contribution >= 0.6 is 0 Å². The SMILES string of the molecule is Cc1cc(C)cc(OC(C)C(=O)c2c(C)c(C#N)c(=O)n(Cc3ccccc3)c2O)c1. The van der Waals surface area contributed by atoms with E-state index in [0.29, 0.717) is 5.75 Å². The molecule has 0 aliphatic carbocycles. The Morgan fingerprint density at radius 2 is 1.74 bits per heavy atom. The van der Waals surface area contributed by atoms with E-state index in [0.717, 1.165) is 21.3 Å². The molecule has 0 radical (unpaired) electrons. The zero-order chi connectivity index (χ0) is 22.7. The minimum Gasteiger partial charge on any atom is -0.494 e. The summed E-state index contributed by atoms with van der Waals surface area (Å²) in [6.45, 7) is 6.97. The number of hydrogen-bond acceptors (Lipinski definition) is 5. The first-order valence-corrected chi connectivity index (χ1v) is 9.92. The van der Waals surface area contributed by atoms with E-state index in [4.69, 9.17) is 4.74 Å². The molecule has 0 amide bonds. The van der Waals surface area contributed by atoms with Crippen LogP contribution in [0.5, 0.6) is 11.6 Å². The molecule has 0 bridgehead atoms. The first kappa shape index (κ1) is 21.8. The number of aryl methyl sites for hydroxylation is 2. The Balaban J connectivity index is 2.05. The second-order valence-corrected chi connectivity index (χ2v) is 7.64. The molecule has 0 saturated carbocycles. The molecule has 1 aromatic heterocycles. The fraction of sp³-hybridized carbons (Fsp3) is 0.240. The van der Waals surface area contributed by atoms with Crippen LogP contribution in [0, 0.1) is 32.1 Å². The molecule has 0 spiro atoms. The highest BCUT2D eigenvalue weighted by atomic mass is 16.5. The van der Waals surface area contributed by atoms with Gasteiger partial charge in [-0.3, -0.25) is 14.2 Å². The van der Waals surface area contributed by atoms with Crippen molar-refractivity contribution in [2.45, 2.75) is 40.3 Å². The van der Waals surface area contributed by atoms with Gasteiger partial charge in [-0.2, -0.15) is 5.26 Å². The molecule has 0 saturated heterocycles. The Hall–Kier alpha value is -3.85. The second-order valence-electron chi connectivity index (χ2n) is 7.64. The summed E-state index contributed by atoms with van der Waals surface area (Å²) in [5.74, 6) is -0.438. The van der Waals surface area contributed by atoms with Crippen molar-refractivity contribution in [3.63, 3.8) is 0 Å². The van der Waals surface area contributed by atoms with Crippen LogP contribution in [0.3, 0.4) is 0 Å². The van der Waals surface area contributed by atoms with Gasteiger partial charge in [0, 0.05) is 0 Å². The van der Waals surface area contributed by atoms with Crippen molar-refractivity contribution in [1.82, 2.24) is 4.57 Å². The maximum Gasteiger partial charge on any atom is 0.271 e. The van der Waals surface area contributed by atoms with Crippen molar-refractivity contribution in [1.29, 1.82) is 5.26 Å². The molecule has 1 atom stereocenters. The third-order valence-corrected chi connectivity index (χ3v) is 5.11. The Bertz CT molecular complexity index is 1220. The highest BCUT2D eigenvalue weighted by molar-refractivity contribution is 6.03. The molecule has 2 aromatic carbocycles. The molecule has 6 nitrogen and oxygen atoms in total. The van der Waals surface area contributed by atoms with E-state index in [9.17, 15) is 20.0 Å². The van der Waals surface area contributed by atoms with Gasteiger partial charge in [0.2, 0.25) is 11.7 Å². The summed E-state index contributed by atoms with van der Waals surface area (Å²) < 4.78 is 6.89. The van der Waals surface area contributed by atoms with E-state index in [2.05, 4.69) is 0 Å². The quantitative estimate of drug-likeness (QED) is 0.612. The van der Waals surface area contributed by atoms with E-state index >= 15 is 0 Å². The molecule has 1 unspecified atom stereocenters. The van der Waals surface area contributed by atoms with Crippen LogP contribution < -0.4 is 10.3 Å². The maximum atomic E-state index is 13.2. The second kappa shape index (κ2) is 8.88. The molecule has 6 heteroatoms. The third-order valence-electron chi connectivity index (χ3n) is 5.11. The molecular formula is C25H24N2O4. The molecule has 1 N–H and O–H groups in total. The topological polar surface area (TPSA) is 92.3 Å². The lowest BCUT2D eigenvalue weighted by Gasteiger charge is -2.19. The van der Waals surface area contributed by atoms with Crippen molar-refractivity contribution in [3.8, 4) is 17.7 Å². The number of aromatic nitrogens is 1. The molecule has 0 fully saturated rings. The number of nitriles is 1. The van der Waals surface area contributed by atoms with E-state index in [1.54, 1.807) is 19.1 Å². The summed E-state index contributed by atoms with van der Waals surface area (Å²) in [5, 5.41) is 20.4. The van der Waals surface area contributed by atoms with Gasteiger partial charge in [-0.25, -0.2) is 0 Å². The minimum atomic E-state index is -0.931. The Morgan fingerprint density at radius 1 is 1.13 bits per heavy atom. The summed E-state index contributed by atoms with van der Waals surface area (Å²) in [7, 11) is 0. The van der Waals surface area contributed by atoms with Crippen molar-refractivity contribution < 1.29 is 14.6 Å². The molecule has 1 heterocycles. The number of hydrogen-bond donors (Lipinski definition) is 1. The average Bonchev–Trinajstić information content (AvgIpc) is 2.71. The number of aromatic hydroxyl groups is 1. The van der Waals surface area contributed by atoms with Crippen molar-refractivity contribution in [2.24, 2.45) is 0 Å². The largest absolute Gasteiger partial charge is 0.494 e. The minimum absolute atomic E-state index is 0.0348. The van der Waals surface area contributed by atoms with E-state index in [-0.39, 0.29) is 23.2 Å². The van der Waals surface area contributed by atoms with Gasteiger partial charge >= 0.3 is 0 Å². The van der Waals surface area contributed by atoms with Crippen molar-refractivity contribution >= 4 is 5.78 Å². The van der Waals surface area contributed by atoms with E-state index < -0.39 is 23.3 Å². The van der Waals surface area contributed by atoms with Gasteiger partial charge in [0.25, 0.3) is 5.56 Å². The number of benzene rings is 2. The summed E-state index contributed by atoms with van der Waals surface area (Å²) >= 11 is 0.